The van der Waals surface area contributed by atoms with Crippen LogP contribution < -0.4 is 0 Å². The maximum Gasteiger partial charge on any atom is 0.114 e. The van der Waals surface area contributed by atoms with Crippen LogP contribution in [0.1, 0.15) is 32.6 Å². The van der Waals surface area contributed by atoms with E-state index in [1.807, 2.05) is 13.0 Å². The van der Waals surface area contributed by atoms with Crippen molar-refractivity contribution in [2.45, 2.75) is 32.6 Å². The predicted molar refractivity (Wildman–Crippen MR) is 42.9 cm³/mol. The molecule has 0 heterocycles. The summed E-state index contributed by atoms with van der Waals surface area (Å²) in [5, 5.41) is 9.34. The molecular weight excluding hydrogens is 124 g/mol. The molecule has 0 fully saturated rings. The van der Waals surface area contributed by atoms with Crippen molar-refractivity contribution in [1.82, 2.24) is 0 Å². The van der Waals surface area contributed by atoms with Crippen LogP contribution in [0.5, 0.6) is 0 Å². The van der Waals surface area contributed by atoms with E-state index in [1.54, 1.807) is 0 Å². The highest BCUT2D eigenvalue weighted by Gasteiger charge is 2.06. The molecule has 1 nitrogen and oxygen atoms in total. The van der Waals surface area contributed by atoms with Crippen molar-refractivity contribution in [3.05, 3.63) is 23.5 Å². The summed E-state index contributed by atoms with van der Waals surface area (Å²) in [5.74, 6) is 0.500. The van der Waals surface area contributed by atoms with Gasteiger partial charge in [-0.2, -0.15) is 0 Å². The molecule has 1 N–H and O–H groups in total. The van der Waals surface area contributed by atoms with Crippen LogP contribution in [0.4, 0.5) is 0 Å². The largest absolute Gasteiger partial charge is 0.508 e. The van der Waals surface area contributed by atoms with Gasteiger partial charge in [0, 0.05) is 0 Å². The molecule has 0 amide bonds. The summed E-state index contributed by atoms with van der Waals surface area (Å²) < 4.78 is 0. The molecule has 56 valence electrons. The summed E-state index contributed by atoms with van der Waals surface area (Å²) in [4.78, 5) is 0. The van der Waals surface area contributed by atoms with Crippen LogP contribution in [0.25, 0.3) is 0 Å². The lowest BCUT2D eigenvalue weighted by Crippen LogP contribution is -1.83. The van der Waals surface area contributed by atoms with Gasteiger partial charge in [0.1, 0.15) is 5.76 Å². The molecular formula is C9H14O. The molecule has 0 bridgehead atoms. The van der Waals surface area contributed by atoms with Crippen LogP contribution in [-0.4, -0.2) is 5.11 Å². The SMILES string of the molecule is CC/C=C(/O)C1=CCCC1. The van der Waals surface area contributed by atoms with E-state index < -0.39 is 0 Å². The Balaban J connectivity index is 2.55. The lowest BCUT2D eigenvalue weighted by molar-refractivity contribution is 0.418. The summed E-state index contributed by atoms with van der Waals surface area (Å²) in [7, 11) is 0. The van der Waals surface area contributed by atoms with Gasteiger partial charge in [0.15, 0.2) is 0 Å². The molecule has 0 atom stereocenters. The van der Waals surface area contributed by atoms with Gasteiger partial charge in [0.05, 0.1) is 0 Å². The Labute approximate surface area is 62.1 Å². The van der Waals surface area contributed by atoms with Gasteiger partial charge in [-0.15, -0.1) is 0 Å². The van der Waals surface area contributed by atoms with Gasteiger partial charge in [-0.1, -0.05) is 13.0 Å². The Bertz CT molecular complexity index is 166. The van der Waals surface area contributed by atoms with Crippen molar-refractivity contribution >= 4 is 0 Å². The first kappa shape index (κ1) is 7.39. The fourth-order valence-corrected chi connectivity index (χ4v) is 1.23. The molecule has 1 aliphatic carbocycles. The minimum Gasteiger partial charge on any atom is -0.508 e. The molecule has 0 aliphatic heterocycles. The number of aliphatic hydroxyl groups is 1. The van der Waals surface area contributed by atoms with E-state index in [1.165, 1.54) is 6.42 Å². The fraction of sp³-hybridized carbons (Fsp3) is 0.556. The lowest BCUT2D eigenvalue weighted by atomic mass is 10.2. The lowest BCUT2D eigenvalue weighted by Gasteiger charge is -1.97. The minimum atomic E-state index is 0.500. The molecule has 10 heavy (non-hydrogen) atoms. The highest BCUT2D eigenvalue weighted by molar-refractivity contribution is 5.27. The zero-order chi connectivity index (χ0) is 7.40. The Morgan fingerprint density at radius 3 is 3.10 bits per heavy atom. The average Bonchev–Trinajstić information content (AvgIpc) is 2.38. The molecule has 1 aliphatic rings. The van der Waals surface area contributed by atoms with Crippen LogP contribution in [0.2, 0.25) is 0 Å². The fourth-order valence-electron chi connectivity index (χ4n) is 1.23. The number of hydrogen-bond donors (Lipinski definition) is 1. The minimum absolute atomic E-state index is 0.500. The molecule has 0 saturated heterocycles. The Hall–Kier alpha value is -0.720. The highest BCUT2D eigenvalue weighted by atomic mass is 16.3. The van der Waals surface area contributed by atoms with Crippen molar-refractivity contribution < 1.29 is 5.11 Å². The van der Waals surface area contributed by atoms with Crippen molar-refractivity contribution in [2.75, 3.05) is 0 Å². The third-order valence-corrected chi connectivity index (χ3v) is 1.77. The van der Waals surface area contributed by atoms with E-state index in [0.29, 0.717) is 5.76 Å². The van der Waals surface area contributed by atoms with Gasteiger partial charge < -0.3 is 5.11 Å². The van der Waals surface area contributed by atoms with E-state index in [4.69, 9.17) is 0 Å². The number of aliphatic hydroxyl groups excluding tert-OH is 1. The summed E-state index contributed by atoms with van der Waals surface area (Å²) in [5.41, 5.74) is 1.14. The van der Waals surface area contributed by atoms with Crippen molar-refractivity contribution in [2.24, 2.45) is 0 Å². The van der Waals surface area contributed by atoms with Gasteiger partial charge in [-0.05, 0) is 37.3 Å². The van der Waals surface area contributed by atoms with Crippen LogP contribution in [0, 0.1) is 0 Å². The predicted octanol–water partition coefficient (Wildman–Crippen LogP) is 2.95. The van der Waals surface area contributed by atoms with Gasteiger partial charge in [-0.3, -0.25) is 0 Å². The van der Waals surface area contributed by atoms with Crippen molar-refractivity contribution in [3.8, 4) is 0 Å². The number of allylic oxidation sites excluding steroid dienone is 3. The second kappa shape index (κ2) is 3.45. The monoisotopic (exact) mass is 138 g/mol. The summed E-state index contributed by atoms with van der Waals surface area (Å²) in [6.07, 6.45) is 8.32. The third-order valence-electron chi connectivity index (χ3n) is 1.77. The van der Waals surface area contributed by atoms with Gasteiger partial charge >= 0.3 is 0 Å². The van der Waals surface area contributed by atoms with Crippen LogP contribution in [0.15, 0.2) is 23.5 Å². The van der Waals surface area contributed by atoms with E-state index in [0.717, 1.165) is 24.8 Å². The van der Waals surface area contributed by atoms with E-state index >= 15 is 0 Å². The van der Waals surface area contributed by atoms with Crippen molar-refractivity contribution in [1.29, 1.82) is 0 Å². The van der Waals surface area contributed by atoms with E-state index in [9.17, 15) is 5.11 Å². The first-order chi connectivity index (χ1) is 4.84. The van der Waals surface area contributed by atoms with Crippen LogP contribution >= 0.6 is 0 Å². The van der Waals surface area contributed by atoms with Gasteiger partial charge in [0.25, 0.3) is 0 Å². The molecule has 0 aromatic heterocycles. The molecule has 0 spiro atoms. The molecule has 0 aromatic carbocycles. The maximum absolute atomic E-state index is 9.34. The number of hydrogen-bond acceptors (Lipinski definition) is 1. The van der Waals surface area contributed by atoms with Crippen LogP contribution in [-0.2, 0) is 0 Å². The van der Waals surface area contributed by atoms with Crippen molar-refractivity contribution in [3.63, 3.8) is 0 Å². The molecule has 1 rings (SSSR count). The zero-order valence-corrected chi connectivity index (χ0v) is 6.43. The van der Waals surface area contributed by atoms with E-state index in [-0.39, 0.29) is 0 Å². The molecule has 0 aromatic rings. The second-order valence-electron chi connectivity index (χ2n) is 2.62. The van der Waals surface area contributed by atoms with E-state index in [2.05, 4.69) is 6.08 Å². The third kappa shape index (κ3) is 1.63. The zero-order valence-electron chi connectivity index (χ0n) is 6.43. The molecule has 1 heteroatoms. The van der Waals surface area contributed by atoms with Gasteiger partial charge in [-0.25, -0.2) is 0 Å². The normalized spacial score (nSPS) is 19.3. The standard InChI is InChI=1S/C9H14O/c1-2-5-9(10)8-6-3-4-7-8/h5-6,10H,2-4,7H2,1H3/b9-5+. The first-order valence-corrected chi connectivity index (χ1v) is 3.93. The highest BCUT2D eigenvalue weighted by Crippen LogP contribution is 2.22. The molecule has 0 saturated carbocycles. The number of rotatable bonds is 2. The average molecular weight is 138 g/mol. The smallest absolute Gasteiger partial charge is 0.114 e. The topological polar surface area (TPSA) is 20.2 Å². The quantitative estimate of drug-likeness (QED) is 0.581. The Morgan fingerprint density at radius 1 is 1.80 bits per heavy atom. The van der Waals surface area contributed by atoms with Gasteiger partial charge in [0.2, 0.25) is 0 Å². The van der Waals surface area contributed by atoms with Crippen LogP contribution in [0.3, 0.4) is 0 Å². The molecule has 0 radical (unpaired) electrons. The molecule has 0 unspecified atom stereocenters. The maximum atomic E-state index is 9.34. The second-order valence-corrected chi connectivity index (χ2v) is 2.62. The summed E-state index contributed by atoms with van der Waals surface area (Å²) in [6.45, 7) is 2.03. The Morgan fingerprint density at radius 2 is 2.60 bits per heavy atom. The summed E-state index contributed by atoms with van der Waals surface area (Å²) >= 11 is 0. The first-order valence-electron chi connectivity index (χ1n) is 3.93. The summed E-state index contributed by atoms with van der Waals surface area (Å²) in [6, 6.07) is 0. The Kier molecular flexibility index (Phi) is 2.55.